The lowest BCUT2D eigenvalue weighted by Crippen LogP contribution is -1.87. The molecule has 1 aliphatic rings. The van der Waals surface area contributed by atoms with Crippen LogP contribution in [0.3, 0.4) is 0 Å². The third-order valence-electron chi connectivity index (χ3n) is 2.37. The minimum absolute atomic E-state index is 0.804. The largest absolute Gasteiger partial charge is 0.472 e. The topological polar surface area (TPSA) is 13.1 Å². The normalized spacial score (nSPS) is 20.0. The Balaban J connectivity index is 2.12. The predicted molar refractivity (Wildman–Crippen MR) is 39.9 cm³/mol. The van der Waals surface area contributed by atoms with Gasteiger partial charge in [0.1, 0.15) is 0 Å². The highest BCUT2D eigenvalue weighted by Crippen LogP contribution is 2.33. The summed E-state index contributed by atoms with van der Waals surface area (Å²) in [4.78, 5) is 0. The zero-order valence-corrected chi connectivity index (χ0v) is 6.05. The molecule has 1 fully saturated rings. The second-order valence-electron chi connectivity index (χ2n) is 3.04. The smallest absolute Gasteiger partial charge is 0.0937 e. The van der Waals surface area contributed by atoms with Crippen LogP contribution in [0.15, 0.2) is 23.0 Å². The summed E-state index contributed by atoms with van der Waals surface area (Å²) in [6, 6.07) is 2.09. The Morgan fingerprint density at radius 3 is 2.70 bits per heavy atom. The Labute approximate surface area is 61.0 Å². The second-order valence-corrected chi connectivity index (χ2v) is 3.04. The van der Waals surface area contributed by atoms with Crippen LogP contribution in [-0.4, -0.2) is 0 Å². The fourth-order valence-electron chi connectivity index (χ4n) is 1.77. The van der Waals surface area contributed by atoms with E-state index in [2.05, 4.69) is 6.07 Å². The van der Waals surface area contributed by atoms with Crippen molar-refractivity contribution in [3.05, 3.63) is 24.2 Å². The summed E-state index contributed by atoms with van der Waals surface area (Å²) in [5.41, 5.74) is 1.40. The van der Waals surface area contributed by atoms with Crippen LogP contribution in [0, 0.1) is 0 Å². The molecule has 0 radical (unpaired) electrons. The van der Waals surface area contributed by atoms with Gasteiger partial charge in [0.15, 0.2) is 0 Å². The standard InChI is InChI=1S/C9H12O/c1-2-4-8(3-1)9-5-6-10-7-9/h5-8H,1-4H2. The summed E-state index contributed by atoms with van der Waals surface area (Å²) in [6.45, 7) is 0. The molecule has 10 heavy (non-hydrogen) atoms. The molecule has 0 N–H and O–H groups in total. The van der Waals surface area contributed by atoms with Crippen molar-refractivity contribution < 1.29 is 4.42 Å². The van der Waals surface area contributed by atoms with E-state index in [4.69, 9.17) is 4.42 Å². The highest BCUT2D eigenvalue weighted by Gasteiger charge is 2.17. The minimum Gasteiger partial charge on any atom is -0.472 e. The Bertz CT molecular complexity index is 183. The van der Waals surface area contributed by atoms with E-state index in [0.717, 1.165) is 5.92 Å². The van der Waals surface area contributed by atoms with Gasteiger partial charge in [0, 0.05) is 0 Å². The molecule has 0 unspecified atom stereocenters. The zero-order chi connectivity index (χ0) is 6.81. The lowest BCUT2D eigenvalue weighted by molar-refractivity contribution is 0.558. The first kappa shape index (κ1) is 6.02. The van der Waals surface area contributed by atoms with Gasteiger partial charge in [-0.15, -0.1) is 0 Å². The molecule has 0 atom stereocenters. The number of hydrogen-bond acceptors (Lipinski definition) is 1. The maximum atomic E-state index is 5.03. The molecule has 1 saturated carbocycles. The molecule has 1 nitrogen and oxygen atoms in total. The number of hydrogen-bond donors (Lipinski definition) is 0. The molecule has 0 spiro atoms. The SMILES string of the molecule is c1cc(C2CCCC2)co1. The van der Waals surface area contributed by atoms with Gasteiger partial charge in [-0.25, -0.2) is 0 Å². The van der Waals surface area contributed by atoms with Crippen LogP contribution in [0.5, 0.6) is 0 Å². The van der Waals surface area contributed by atoms with E-state index < -0.39 is 0 Å². The summed E-state index contributed by atoms with van der Waals surface area (Å²) in [6.07, 6.45) is 9.18. The van der Waals surface area contributed by atoms with Crippen molar-refractivity contribution in [3.63, 3.8) is 0 Å². The van der Waals surface area contributed by atoms with Gasteiger partial charge in [0.05, 0.1) is 12.5 Å². The van der Waals surface area contributed by atoms with E-state index >= 15 is 0 Å². The fraction of sp³-hybridized carbons (Fsp3) is 0.556. The van der Waals surface area contributed by atoms with Gasteiger partial charge >= 0.3 is 0 Å². The van der Waals surface area contributed by atoms with Crippen LogP contribution in [0.25, 0.3) is 0 Å². The first-order valence-electron chi connectivity index (χ1n) is 3.99. The lowest BCUT2D eigenvalue weighted by atomic mass is 10.0. The van der Waals surface area contributed by atoms with Crippen LogP contribution >= 0.6 is 0 Å². The molecule has 1 heteroatoms. The van der Waals surface area contributed by atoms with Crippen molar-refractivity contribution >= 4 is 0 Å². The number of furan rings is 1. The third-order valence-corrected chi connectivity index (χ3v) is 2.37. The number of rotatable bonds is 1. The van der Waals surface area contributed by atoms with E-state index in [1.54, 1.807) is 6.26 Å². The molecule has 1 heterocycles. The molecule has 1 aromatic rings. The van der Waals surface area contributed by atoms with Crippen LogP contribution in [0.1, 0.15) is 37.2 Å². The summed E-state index contributed by atoms with van der Waals surface area (Å²) in [5.74, 6) is 0.804. The minimum atomic E-state index is 0.804. The molecule has 0 aliphatic heterocycles. The predicted octanol–water partition coefficient (Wildman–Crippen LogP) is 2.94. The molecular weight excluding hydrogens is 124 g/mol. The molecule has 1 aromatic heterocycles. The quantitative estimate of drug-likeness (QED) is 0.578. The van der Waals surface area contributed by atoms with Gasteiger partial charge in [-0.3, -0.25) is 0 Å². The molecule has 0 bridgehead atoms. The molecular formula is C9H12O. The zero-order valence-electron chi connectivity index (χ0n) is 6.05. The molecule has 2 rings (SSSR count). The summed E-state index contributed by atoms with van der Waals surface area (Å²) in [7, 11) is 0. The van der Waals surface area contributed by atoms with Gasteiger partial charge in [-0.05, 0) is 30.4 Å². The fourth-order valence-corrected chi connectivity index (χ4v) is 1.77. The first-order valence-corrected chi connectivity index (χ1v) is 3.99. The maximum Gasteiger partial charge on any atom is 0.0937 e. The van der Waals surface area contributed by atoms with E-state index in [9.17, 15) is 0 Å². The van der Waals surface area contributed by atoms with Crippen molar-refractivity contribution in [1.82, 2.24) is 0 Å². The molecule has 0 saturated heterocycles. The summed E-state index contributed by atoms with van der Waals surface area (Å²) < 4.78 is 5.03. The van der Waals surface area contributed by atoms with Crippen LogP contribution in [0.2, 0.25) is 0 Å². The first-order chi connectivity index (χ1) is 4.97. The van der Waals surface area contributed by atoms with Crippen molar-refractivity contribution in [1.29, 1.82) is 0 Å². The monoisotopic (exact) mass is 136 g/mol. The Morgan fingerprint density at radius 1 is 1.30 bits per heavy atom. The van der Waals surface area contributed by atoms with E-state index in [0.29, 0.717) is 0 Å². The van der Waals surface area contributed by atoms with Crippen molar-refractivity contribution in [2.24, 2.45) is 0 Å². The van der Waals surface area contributed by atoms with Crippen molar-refractivity contribution in [2.45, 2.75) is 31.6 Å². The molecule has 1 aliphatic carbocycles. The van der Waals surface area contributed by atoms with Crippen LogP contribution in [0.4, 0.5) is 0 Å². The van der Waals surface area contributed by atoms with E-state index in [1.165, 1.54) is 31.2 Å². The Hall–Kier alpha value is -0.720. The van der Waals surface area contributed by atoms with E-state index in [1.807, 2.05) is 6.26 Å². The molecule has 0 aromatic carbocycles. The second kappa shape index (κ2) is 2.49. The van der Waals surface area contributed by atoms with Crippen molar-refractivity contribution in [3.8, 4) is 0 Å². The Morgan fingerprint density at radius 2 is 2.10 bits per heavy atom. The van der Waals surface area contributed by atoms with Gasteiger partial charge in [0.2, 0.25) is 0 Å². The molecule has 0 amide bonds. The summed E-state index contributed by atoms with van der Waals surface area (Å²) >= 11 is 0. The highest BCUT2D eigenvalue weighted by atomic mass is 16.3. The van der Waals surface area contributed by atoms with Crippen LogP contribution in [-0.2, 0) is 0 Å². The van der Waals surface area contributed by atoms with Gasteiger partial charge in [0.25, 0.3) is 0 Å². The van der Waals surface area contributed by atoms with E-state index in [-0.39, 0.29) is 0 Å². The third kappa shape index (κ3) is 0.962. The summed E-state index contributed by atoms with van der Waals surface area (Å²) in [5, 5.41) is 0. The van der Waals surface area contributed by atoms with Crippen LogP contribution < -0.4 is 0 Å². The van der Waals surface area contributed by atoms with Gasteiger partial charge in [-0.2, -0.15) is 0 Å². The maximum absolute atomic E-state index is 5.03. The van der Waals surface area contributed by atoms with Gasteiger partial charge < -0.3 is 4.42 Å². The van der Waals surface area contributed by atoms with Gasteiger partial charge in [-0.1, -0.05) is 12.8 Å². The Kier molecular flexibility index (Phi) is 1.50. The molecule has 54 valence electrons. The van der Waals surface area contributed by atoms with Crippen molar-refractivity contribution in [2.75, 3.05) is 0 Å². The average molecular weight is 136 g/mol. The lowest BCUT2D eigenvalue weighted by Gasteiger charge is -2.02. The average Bonchev–Trinajstić information content (AvgIpc) is 2.59. The highest BCUT2D eigenvalue weighted by molar-refractivity contribution is 5.13.